The van der Waals surface area contributed by atoms with Crippen molar-refractivity contribution in [1.82, 2.24) is 9.91 Å². The summed E-state index contributed by atoms with van der Waals surface area (Å²) >= 11 is 0. The summed E-state index contributed by atoms with van der Waals surface area (Å²) in [6.45, 7) is 10.4. The molecule has 2 unspecified atom stereocenters. The Labute approximate surface area is 197 Å². The van der Waals surface area contributed by atoms with E-state index in [4.69, 9.17) is 9.47 Å². The molecule has 33 heavy (non-hydrogen) atoms. The Bertz CT molecular complexity index is 937. The van der Waals surface area contributed by atoms with E-state index >= 15 is 0 Å². The summed E-state index contributed by atoms with van der Waals surface area (Å²) in [5, 5.41) is 6.53. The smallest absolute Gasteiger partial charge is 0.410 e. The Balaban J connectivity index is 1.44. The fourth-order valence-electron chi connectivity index (χ4n) is 5.18. The lowest BCUT2D eigenvalue weighted by Gasteiger charge is -2.42. The van der Waals surface area contributed by atoms with Crippen molar-refractivity contribution in [1.29, 1.82) is 0 Å². The number of hydrazone groups is 1. The molecule has 1 fully saturated rings. The summed E-state index contributed by atoms with van der Waals surface area (Å²) in [7, 11) is 2.03. The molecule has 0 saturated carbocycles. The summed E-state index contributed by atoms with van der Waals surface area (Å²) < 4.78 is 12.0. The molecule has 0 radical (unpaired) electrons. The minimum atomic E-state index is -0.483. The maximum Gasteiger partial charge on any atom is 0.410 e. The molecule has 3 aliphatic rings. The van der Waals surface area contributed by atoms with Gasteiger partial charge in [0.15, 0.2) is 0 Å². The Morgan fingerprint density at radius 2 is 1.88 bits per heavy atom. The molecule has 4 rings (SSSR count). The number of benzene rings is 1. The molecule has 1 aromatic rings. The van der Waals surface area contributed by atoms with Gasteiger partial charge in [0.05, 0.1) is 19.3 Å². The highest BCUT2D eigenvalue weighted by molar-refractivity contribution is 5.69. The minimum Gasteiger partial charge on any atom is -0.444 e. The number of carbonyl (C=O) groups is 1. The van der Waals surface area contributed by atoms with E-state index in [1.54, 1.807) is 0 Å². The number of rotatable bonds is 5. The topological polar surface area (TPSA) is 54.4 Å². The molecular formula is C27H37N3O3. The SMILES string of the molecule is CC1=CC2C=NN(C)C2C(COCC2(c3ccccc3)CCN(C(=O)OC(C)(C)C)CC2)=C1. The first-order valence-corrected chi connectivity index (χ1v) is 11.9. The highest BCUT2D eigenvalue weighted by Crippen LogP contribution is 2.37. The van der Waals surface area contributed by atoms with Crippen LogP contribution in [0, 0.1) is 5.92 Å². The summed E-state index contributed by atoms with van der Waals surface area (Å²) in [6.07, 6.45) is 8.02. The molecule has 2 atom stereocenters. The second-order valence-electron chi connectivity index (χ2n) is 10.6. The molecule has 2 heterocycles. The summed E-state index contributed by atoms with van der Waals surface area (Å²) in [5.41, 5.74) is 3.22. The third kappa shape index (κ3) is 5.32. The zero-order valence-corrected chi connectivity index (χ0v) is 20.6. The molecular weight excluding hydrogens is 414 g/mol. The van der Waals surface area contributed by atoms with Crippen LogP contribution in [0.3, 0.4) is 0 Å². The standard InChI is InChI=1S/C27H37N3O3/c1-20-15-21-17-28-29(5)24(21)22(16-20)18-32-19-27(23-9-7-6-8-10-23)11-13-30(14-12-27)25(31)33-26(2,3)4/h6-10,15-17,21,24H,11-14,18-19H2,1-5H3. The van der Waals surface area contributed by atoms with Crippen LogP contribution in [0.5, 0.6) is 0 Å². The molecule has 6 nitrogen and oxygen atoms in total. The van der Waals surface area contributed by atoms with Gasteiger partial charge in [0, 0.05) is 37.7 Å². The van der Waals surface area contributed by atoms with Gasteiger partial charge in [-0.1, -0.05) is 48.1 Å². The van der Waals surface area contributed by atoms with E-state index in [2.05, 4.69) is 48.4 Å². The number of hydrogen-bond donors (Lipinski definition) is 0. The van der Waals surface area contributed by atoms with E-state index in [-0.39, 0.29) is 17.6 Å². The van der Waals surface area contributed by atoms with Crippen LogP contribution in [-0.4, -0.2) is 67.2 Å². The van der Waals surface area contributed by atoms with Crippen LogP contribution < -0.4 is 0 Å². The maximum absolute atomic E-state index is 12.6. The van der Waals surface area contributed by atoms with Gasteiger partial charge < -0.3 is 14.4 Å². The third-order valence-corrected chi connectivity index (χ3v) is 6.84. The predicted octanol–water partition coefficient (Wildman–Crippen LogP) is 4.77. The molecule has 1 aromatic carbocycles. The number of hydrogen-bond acceptors (Lipinski definition) is 5. The molecule has 0 aromatic heterocycles. The van der Waals surface area contributed by atoms with Crippen LogP contribution in [-0.2, 0) is 14.9 Å². The number of fused-ring (bicyclic) bond motifs is 1. The van der Waals surface area contributed by atoms with Crippen molar-refractivity contribution in [3.05, 3.63) is 59.2 Å². The van der Waals surface area contributed by atoms with E-state index in [0.717, 1.165) is 12.8 Å². The van der Waals surface area contributed by atoms with Crippen molar-refractivity contribution in [2.75, 3.05) is 33.4 Å². The van der Waals surface area contributed by atoms with Gasteiger partial charge in [-0.2, -0.15) is 5.10 Å². The number of allylic oxidation sites excluding steroid dienone is 2. The lowest BCUT2D eigenvalue weighted by atomic mass is 9.73. The largest absolute Gasteiger partial charge is 0.444 e. The van der Waals surface area contributed by atoms with Crippen molar-refractivity contribution in [2.45, 2.75) is 57.6 Å². The lowest BCUT2D eigenvalue weighted by Crippen LogP contribution is -2.48. The molecule has 1 aliphatic carbocycles. The van der Waals surface area contributed by atoms with Gasteiger partial charge >= 0.3 is 6.09 Å². The molecule has 0 spiro atoms. The molecule has 0 bridgehead atoms. The quantitative estimate of drug-likeness (QED) is 0.647. The molecule has 1 saturated heterocycles. The maximum atomic E-state index is 12.6. The highest BCUT2D eigenvalue weighted by atomic mass is 16.6. The minimum absolute atomic E-state index is 0.114. The Kier molecular flexibility index (Phi) is 6.66. The second kappa shape index (κ2) is 9.34. The number of nitrogens with zero attached hydrogens (tertiary/aromatic N) is 3. The highest BCUT2D eigenvalue weighted by Gasteiger charge is 2.39. The van der Waals surface area contributed by atoms with E-state index in [1.165, 1.54) is 16.7 Å². The zero-order chi connectivity index (χ0) is 23.6. The van der Waals surface area contributed by atoms with E-state index in [0.29, 0.717) is 32.2 Å². The van der Waals surface area contributed by atoms with Gasteiger partial charge in [0.2, 0.25) is 0 Å². The van der Waals surface area contributed by atoms with Gasteiger partial charge in [-0.3, -0.25) is 5.01 Å². The van der Waals surface area contributed by atoms with Gasteiger partial charge in [-0.25, -0.2) is 4.79 Å². The third-order valence-electron chi connectivity index (χ3n) is 6.84. The summed E-state index contributed by atoms with van der Waals surface area (Å²) in [6, 6.07) is 10.8. The normalized spacial score (nSPS) is 24.3. The second-order valence-corrected chi connectivity index (χ2v) is 10.6. The van der Waals surface area contributed by atoms with Gasteiger partial charge in [-0.05, 0) is 51.7 Å². The molecule has 0 N–H and O–H groups in total. The summed E-state index contributed by atoms with van der Waals surface area (Å²) in [4.78, 5) is 14.4. The predicted molar refractivity (Wildman–Crippen MR) is 131 cm³/mol. The van der Waals surface area contributed by atoms with Crippen molar-refractivity contribution in [2.24, 2.45) is 11.0 Å². The van der Waals surface area contributed by atoms with Crippen LogP contribution in [0.1, 0.15) is 46.1 Å². The van der Waals surface area contributed by atoms with Gasteiger partial charge in [0.1, 0.15) is 5.60 Å². The van der Waals surface area contributed by atoms with Crippen LogP contribution >= 0.6 is 0 Å². The number of carbonyl (C=O) groups excluding carboxylic acids is 1. The number of piperidine rings is 1. The lowest BCUT2D eigenvalue weighted by molar-refractivity contribution is 0.00669. The first-order valence-electron chi connectivity index (χ1n) is 11.9. The monoisotopic (exact) mass is 451 g/mol. The zero-order valence-electron chi connectivity index (χ0n) is 20.6. The molecule has 178 valence electrons. The van der Waals surface area contributed by atoms with E-state index < -0.39 is 5.60 Å². The molecule has 2 aliphatic heterocycles. The van der Waals surface area contributed by atoms with Gasteiger partial charge in [-0.15, -0.1) is 0 Å². The van der Waals surface area contributed by atoms with Crippen molar-refractivity contribution >= 4 is 12.3 Å². The summed E-state index contributed by atoms with van der Waals surface area (Å²) in [5.74, 6) is 0.318. The Morgan fingerprint density at radius 1 is 1.18 bits per heavy atom. The Hall–Kier alpha value is -2.60. The average molecular weight is 452 g/mol. The van der Waals surface area contributed by atoms with E-state index in [1.807, 2.05) is 50.0 Å². The molecule has 1 amide bonds. The van der Waals surface area contributed by atoms with Crippen molar-refractivity contribution in [3.63, 3.8) is 0 Å². The number of likely N-dealkylation sites (tertiary alicyclic amines) is 1. The van der Waals surface area contributed by atoms with Crippen LogP contribution in [0.15, 0.2) is 58.7 Å². The first-order chi connectivity index (χ1) is 15.7. The Morgan fingerprint density at radius 3 is 2.55 bits per heavy atom. The van der Waals surface area contributed by atoms with Crippen LogP contribution in [0.4, 0.5) is 4.79 Å². The van der Waals surface area contributed by atoms with Crippen LogP contribution in [0.25, 0.3) is 0 Å². The number of amides is 1. The average Bonchev–Trinajstić information content (AvgIpc) is 3.14. The van der Waals surface area contributed by atoms with Gasteiger partial charge in [0.25, 0.3) is 0 Å². The van der Waals surface area contributed by atoms with Crippen molar-refractivity contribution in [3.8, 4) is 0 Å². The fourth-order valence-corrected chi connectivity index (χ4v) is 5.18. The number of ether oxygens (including phenoxy) is 2. The van der Waals surface area contributed by atoms with Crippen molar-refractivity contribution < 1.29 is 14.3 Å². The van der Waals surface area contributed by atoms with E-state index in [9.17, 15) is 4.79 Å². The first kappa shape index (κ1) is 23.6. The fraction of sp³-hybridized carbons (Fsp3) is 0.556. The molecule has 6 heteroatoms. The number of likely N-dealkylation sites (N-methyl/N-ethyl adjacent to an activating group) is 1. The van der Waals surface area contributed by atoms with Crippen LogP contribution in [0.2, 0.25) is 0 Å².